The van der Waals surface area contributed by atoms with Gasteiger partial charge in [-0.15, -0.1) is 0 Å². The third-order valence-corrected chi connectivity index (χ3v) is 5.65. The highest BCUT2D eigenvalue weighted by Crippen LogP contribution is 2.29. The number of fused-ring (bicyclic) bond motifs is 1. The highest BCUT2D eigenvalue weighted by molar-refractivity contribution is 6.42. The minimum atomic E-state index is -1.05. The van der Waals surface area contributed by atoms with E-state index in [1.807, 2.05) is 36.4 Å². The number of ketones is 1. The van der Waals surface area contributed by atoms with Crippen molar-refractivity contribution >= 4 is 57.3 Å². The predicted molar refractivity (Wildman–Crippen MR) is 134 cm³/mol. The molecule has 0 spiro atoms. The number of carbonyl (C=O) groups is 3. The summed E-state index contributed by atoms with van der Waals surface area (Å²) >= 11 is 12.2. The van der Waals surface area contributed by atoms with E-state index in [1.54, 1.807) is 46.1 Å². The number of halogens is 2. The first-order valence-corrected chi connectivity index (χ1v) is 11.3. The molecule has 0 fully saturated rings. The van der Waals surface area contributed by atoms with Gasteiger partial charge < -0.3 is 14.4 Å². The van der Waals surface area contributed by atoms with E-state index >= 15 is 0 Å². The zero-order valence-corrected chi connectivity index (χ0v) is 20.9. The number of nitrogens with zero attached hydrogens (tertiary/aromatic N) is 1. The number of methoxy groups -OCH3 is 1. The Hall–Kier alpha value is -3.09. The number of Topliss-reactive ketones (excluding diaryl/α,β-unsaturated/α-hetero) is 1. The second-order valence-corrected chi connectivity index (χ2v) is 9.54. The van der Waals surface area contributed by atoms with E-state index in [9.17, 15) is 14.4 Å². The number of hydrogen-bond acceptors (Lipinski definition) is 5. The third kappa shape index (κ3) is 6.49. The summed E-state index contributed by atoms with van der Waals surface area (Å²) in [5, 5.41) is 2.54. The van der Waals surface area contributed by atoms with Gasteiger partial charge in [0.1, 0.15) is 11.4 Å². The first-order valence-electron chi connectivity index (χ1n) is 10.5. The number of carbonyl (C=O) groups excluding carboxylic acids is 3. The summed E-state index contributed by atoms with van der Waals surface area (Å²) in [5.41, 5.74) is 0.415. The Bertz CT molecular complexity index is 1250. The monoisotopic (exact) mass is 501 g/mol. The van der Waals surface area contributed by atoms with Crippen LogP contribution in [0.1, 0.15) is 32.8 Å². The van der Waals surface area contributed by atoms with Crippen LogP contribution in [-0.2, 0) is 25.7 Å². The van der Waals surface area contributed by atoms with Gasteiger partial charge in [-0.05, 0) is 73.5 Å². The number of rotatable bonds is 7. The maximum Gasteiger partial charge on any atom is 0.375 e. The predicted octanol–water partition coefficient (Wildman–Crippen LogP) is 5.99. The normalized spacial score (nSPS) is 11.2. The average Bonchev–Trinajstić information content (AvgIpc) is 2.77. The Balaban J connectivity index is 1.91. The molecule has 0 atom stereocenters. The van der Waals surface area contributed by atoms with E-state index in [2.05, 4.69) is 0 Å². The lowest BCUT2D eigenvalue weighted by atomic mass is 10.1. The summed E-state index contributed by atoms with van der Waals surface area (Å²) < 4.78 is 10.4. The molecule has 0 saturated heterocycles. The second kappa shape index (κ2) is 10.5. The quantitative estimate of drug-likeness (QED) is 0.226. The molecule has 3 rings (SSSR count). The molecule has 3 aromatic rings. The summed E-state index contributed by atoms with van der Waals surface area (Å²) in [7, 11) is 1.59. The van der Waals surface area contributed by atoms with Crippen molar-refractivity contribution in [2.45, 2.75) is 39.3 Å². The van der Waals surface area contributed by atoms with Crippen LogP contribution in [0.2, 0.25) is 10.0 Å². The molecule has 0 N–H and O–H groups in total. The molecule has 0 saturated carbocycles. The molecule has 8 heteroatoms. The molecule has 3 aromatic carbocycles. The van der Waals surface area contributed by atoms with Crippen LogP contribution in [0.3, 0.4) is 0 Å². The summed E-state index contributed by atoms with van der Waals surface area (Å²) in [6.45, 7) is 5.09. The van der Waals surface area contributed by atoms with Crippen molar-refractivity contribution < 1.29 is 23.9 Å². The third-order valence-electron chi connectivity index (χ3n) is 4.91. The SMILES string of the molecule is COc1ccc2ccc(CN(C(=O)CC(=O)C(=O)OC(C)(C)C)c3ccc(Cl)c(Cl)c3)cc2c1. The van der Waals surface area contributed by atoms with Gasteiger partial charge in [-0.2, -0.15) is 0 Å². The zero-order valence-electron chi connectivity index (χ0n) is 19.4. The fourth-order valence-electron chi connectivity index (χ4n) is 3.30. The van der Waals surface area contributed by atoms with Gasteiger partial charge in [0, 0.05) is 5.69 Å². The number of esters is 1. The first kappa shape index (κ1) is 25.5. The highest BCUT2D eigenvalue weighted by Gasteiger charge is 2.27. The van der Waals surface area contributed by atoms with Crippen LogP contribution in [0, 0.1) is 0 Å². The Morgan fingerprint density at radius 2 is 1.59 bits per heavy atom. The fraction of sp³-hybridized carbons (Fsp3) is 0.269. The molecular formula is C26H25Cl2NO5. The molecule has 0 aliphatic rings. The van der Waals surface area contributed by atoms with E-state index in [4.69, 9.17) is 32.7 Å². The lowest BCUT2D eigenvalue weighted by Crippen LogP contribution is -2.35. The van der Waals surface area contributed by atoms with Crippen molar-refractivity contribution in [3.63, 3.8) is 0 Å². The molecule has 0 aliphatic heterocycles. The van der Waals surface area contributed by atoms with Gasteiger partial charge in [0.15, 0.2) is 0 Å². The van der Waals surface area contributed by atoms with E-state index in [-0.39, 0.29) is 11.6 Å². The van der Waals surface area contributed by atoms with E-state index in [0.717, 1.165) is 16.3 Å². The van der Waals surface area contributed by atoms with Crippen LogP contribution in [-0.4, -0.2) is 30.4 Å². The Kier molecular flexibility index (Phi) is 7.85. The molecule has 0 unspecified atom stereocenters. The molecule has 0 aliphatic carbocycles. The van der Waals surface area contributed by atoms with Crippen molar-refractivity contribution in [1.29, 1.82) is 0 Å². The van der Waals surface area contributed by atoms with Gasteiger partial charge in [-0.3, -0.25) is 9.59 Å². The maximum absolute atomic E-state index is 13.2. The van der Waals surface area contributed by atoms with Crippen molar-refractivity contribution in [3.05, 3.63) is 70.2 Å². The van der Waals surface area contributed by atoms with Gasteiger partial charge in [0.25, 0.3) is 0 Å². The number of ether oxygens (including phenoxy) is 2. The van der Waals surface area contributed by atoms with Gasteiger partial charge in [0.2, 0.25) is 11.7 Å². The molecule has 0 heterocycles. The highest BCUT2D eigenvalue weighted by atomic mass is 35.5. The minimum absolute atomic E-state index is 0.144. The van der Waals surface area contributed by atoms with E-state index < -0.39 is 29.7 Å². The number of hydrogen-bond donors (Lipinski definition) is 0. The van der Waals surface area contributed by atoms with Crippen molar-refractivity contribution in [2.75, 3.05) is 12.0 Å². The van der Waals surface area contributed by atoms with Crippen LogP contribution in [0.5, 0.6) is 5.75 Å². The molecule has 0 bridgehead atoms. The largest absolute Gasteiger partial charge is 0.497 e. The van der Waals surface area contributed by atoms with Gasteiger partial charge in [0.05, 0.1) is 30.1 Å². The van der Waals surface area contributed by atoms with Crippen molar-refractivity contribution in [2.24, 2.45) is 0 Å². The van der Waals surface area contributed by atoms with Crippen LogP contribution in [0.15, 0.2) is 54.6 Å². The second-order valence-electron chi connectivity index (χ2n) is 8.73. The van der Waals surface area contributed by atoms with Gasteiger partial charge in [-0.25, -0.2) is 4.79 Å². The summed E-state index contributed by atoms with van der Waals surface area (Å²) in [6, 6.07) is 16.2. The van der Waals surface area contributed by atoms with Crippen LogP contribution < -0.4 is 9.64 Å². The van der Waals surface area contributed by atoms with Gasteiger partial charge in [-0.1, -0.05) is 41.4 Å². The first-order chi connectivity index (χ1) is 16.0. The minimum Gasteiger partial charge on any atom is -0.497 e. The summed E-state index contributed by atoms with van der Waals surface area (Å²) in [4.78, 5) is 39.1. The smallest absolute Gasteiger partial charge is 0.375 e. The standard InChI is InChI=1S/C26H25Cl2NO5/c1-26(2,3)34-25(32)23(30)14-24(31)29(19-8-10-21(27)22(28)13-19)15-16-5-6-17-7-9-20(33-4)12-18(17)11-16/h5-13H,14-15H2,1-4H3. The van der Waals surface area contributed by atoms with Crippen LogP contribution in [0.4, 0.5) is 5.69 Å². The molecule has 0 aromatic heterocycles. The lowest BCUT2D eigenvalue weighted by molar-refractivity contribution is -0.163. The number of benzene rings is 3. The molecule has 34 heavy (non-hydrogen) atoms. The molecule has 1 amide bonds. The summed E-state index contributed by atoms with van der Waals surface area (Å²) in [6.07, 6.45) is -0.642. The molecule has 0 radical (unpaired) electrons. The number of anilines is 1. The average molecular weight is 502 g/mol. The van der Waals surface area contributed by atoms with Crippen molar-refractivity contribution in [3.8, 4) is 5.75 Å². The maximum atomic E-state index is 13.2. The zero-order chi connectivity index (χ0) is 25.0. The van der Waals surface area contributed by atoms with E-state index in [1.165, 1.54) is 4.90 Å². The van der Waals surface area contributed by atoms with Crippen LogP contribution in [0.25, 0.3) is 10.8 Å². The molecule has 178 valence electrons. The molecule has 6 nitrogen and oxygen atoms in total. The lowest BCUT2D eigenvalue weighted by Gasteiger charge is -2.24. The Morgan fingerprint density at radius 1 is 0.882 bits per heavy atom. The molecular weight excluding hydrogens is 477 g/mol. The Morgan fingerprint density at radius 3 is 2.24 bits per heavy atom. The van der Waals surface area contributed by atoms with Crippen molar-refractivity contribution in [1.82, 2.24) is 0 Å². The number of amides is 1. The van der Waals surface area contributed by atoms with Crippen LogP contribution >= 0.6 is 23.2 Å². The van der Waals surface area contributed by atoms with E-state index in [0.29, 0.717) is 16.5 Å². The Labute approximate surface area is 208 Å². The summed E-state index contributed by atoms with van der Waals surface area (Å²) in [5.74, 6) is -1.83. The van der Waals surface area contributed by atoms with Gasteiger partial charge >= 0.3 is 5.97 Å². The fourth-order valence-corrected chi connectivity index (χ4v) is 3.59. The topological polar surface area (TPSA) is 72.9 Å².